The summed E-state index contributed by atoms with van der Waals surface area (Å²) in [5, 5.41) is 2.71. The van der Waals surface area contributed by atoms with E-state index in [1.165, 1.54) is 0 Å². The van der Waals surface area contributed by atoms with E-state index >= 15 is 0 Å². The normalized spacial score (nSPS) is 10.3. The SMILES string of the molecule is CCOC(=O)CCCNC(=O)CCC(=O)c1cc(C)sc1C. The highest BCUT2D eigenvalue weighted by atomic mass is 32.1. The first-order chi connectivity index (χ1) is 10.4. The predicted octanol–water partition coefficient (Wildman–Crippen LogP) is 2.79. The van der Waals surface area contributed by atoms with E-state index in [4.69, 9.17) is 4.74 Å². The van der Waals surface area contributed by atoms with Gasteiger partial charge in [0.15, 0.2) is 5.78 Å². The lowest BCUT2D eigenvalue weighted by Crippen LogP contribution is -2.25. The van der Waals surface area contributed by atoms with Gasteiger partial charge in [-0.2, -0.15) is 0 Å². The molecule has 0 aliphatic heterocycles. The largest absolute Gasteiger partial charge is 0.466 e. The van der Waals surface area contributed by atoms with Gasteiger partial charge in [0.05, 0.1) is 6.61 Å². The number of esters is 1. The molecule has 0 fully saturated rings. The van der Waals surface area contributed by atoms with Crippen LogP contribution in [0.15, 0.2) is 6.07 Å². The van der Waals surface area contributed by atoms with Crippen molar-refractivity contribution in [2.24, 2.45) is 0 Å². The van der Waals surface area contributed by atoms with Crippen LogP contribution < -0.4 is 5.32 Å². The molecule has 0 aromatic carbocycles. The van der Waals surface area contributed by atoms with Crippen LogP contribution in [-0.2, 0) is 14.3 Å². The van der Waals surface area contributed by atoms with Gasteiger partial charge in [-0.1, -0.05) is 0 Å². The number of Topliss-reactive ketones (excluding diaryl/α,β-unsaturated/α-hetero) is 1. The molecule has 5 nitrogen and oxygen atoms in total. The van der Waals surface area contributed by atoms with E-state index in [1.807, 2.05) is 19.9 Å². The minimum Gasteiger partial charge on any atom is -0.466 e. The van der Waals surface area contributed by atoms with Gasteiger partial charge in [-0.3, -0.25) is 14.4 Å². The van der Waals surface area contributed by atoms with E-state index in [1.54, 1.807) is 18.3 Å². The van der Waals surface area contributed by atoms with E-state index in [0.717, 1.165) is 15.3 Å². The Kier molecular flexibility index (Phi) is 7.80. The van der Waals surface area contributed by atoms with Crippen molar-refractivity contribution in [3.8, 4) is 0 Å². The Morgan fingerprint density at radius 1 is 1.18 bits per heavy atom. The number of aryl methyl sites for hydroxylation is 2. The lowest BCUT2D eigenvalue weighted by Gasteiger charge is -2.05. The molecular formula is C16H23NO4S. The second-order valence-electron chi connectivity index (χ2n) is 5.01. The molecule has 1 N–H and O–H groups in total. The first kappa shape index (κ1) is 18.4. The average molecular weight is 325 g/mol. The molecule has 0 atom stereocenters. The second-order valence-corrected chi connectivity index (χ2v) is 6.47. The first-order valence-electron chi connectivity index (χ1n) is 7.46. The van der Waals surface area contributed by atoms with Crippen LogP contribution in [0.3, 0.4) is 0 Å². The fourth-order valence-corrected chi connectivity index (χ4v) is 2.99. The average Bonchev–Trinajstić information content (AvgIpc) is 2.80. The maximum Gasteiger partial charge on any atom is 0.305 e. The molecule has 0 bridgehead atoms. The Balaban J connectivity index is 2.22. The topological polar surface area (TPSA) is 72.5 Å². The Hall–Kier alpha value is -1.69. The molecule has 1 rings (SSSR count). The van der Waals surface area contributed by atoms with E-state index < -0.39 is 0 Å². The van der Waals surface area contributed by atoms with Crippen molar-refractivity contribution < 1.29 is 19.1 Å². The number of carbonyl (C=O) groups is 3. The quantitative estimate of drug-likeness (QED) is 0.430. The zero-order valence-electron chi connectivity index (χ0n) is 13.4. The summed E-state index contributed by atoms with van der Waals surface area (Å²) in [7, 11) is 0. The zero-order valence-corrected chi connectivity index (χ0v) is 14.2. The second kappa shape index (κ2) is 9.35. The molecule has 1 amide bonds. The van der Waals surface area contributed by atoms with Crippen LogP contribution in [0, 0.1) is 13.8 Å². The third-order valence-electron chi connectivity index (χ3n) is 3.11. The van der Waals surface area contributed by atoms with Crippen molar-refractivity contribution >= 4 is 29.0 Å². The first-order valence-corrected chi connectivity index (χ1v) is 8.28. The highest BCUT2D eigenvalue weighted by Gasteiger charge is 2.13. The van der Waals surface area contributed by atoms with Crippen LogP contribution in [0.2, 0.25) is 0 Å². The highest BCUT2D eigenvalue weighted by Crippen LogP contribution is 2.22. The standard InChI is InChI=1S/C16H23NO4S/c1-4-21-16(20)6-5-9-17-15(19)8-7-14(18)13-10-11(2)22-12(13)3/h10H,4-9H2,1-3H3,(H,17,19). The number of hydrogen-bond acceptors (Lipinski definition) is 5. The molecule has 1 aromatic heterocycles. The summed E-state index contributed by atoms with van der Waals surface area (Å²) >= 11 is 1.59. The number of amides is 1. The molecule has 0 saturated carbocycles. The predicted molar refractivity (Wildman–Crippen MR) is 86.2 cm³/mol. The molecule has 0 aliphatic carbocycles. The van der Waals surface area contributed by atoms with Crippen LogP contribution in [0.4, 0.5) is 0 Å². The Morgan fingerprint density at radius 3 is 2.50 bits per heavy atom. The van der Waals surface area contributed by atoms with Crippen LogP contribution in [0.5, 0.6) is 0 Å². The molecule has 1 heterocycles. The van der Waals surface area contributed by atoms with Crippen LogP contribution >= 0.6 is 11.3 Å². The fourth-order valence-electron chi connectivity index (χ4n) is 2.05. The summed E-state index contributed by atoms with van der Waals surface area (Å²) in [5.41, 5.74) is 0.720. The maximum absolute atomic E-state index is 12.0. The minimum atomic E-state index is -0.254. The van der Waals surface area contributed by atoms with Gasteiger partial charge in [-0.15, -0.1) is 11.3 Å². The maximum atomic E-state index is 12.0. The Morgan fingerprint density at radius 2 is 1.91 bits per heavy atom. The molecule has 0 radical (unpaired) electrons. The van der Waals surface area contributed by atoms with Crippen molar-refractivity contribution in [2.45, 2.75) is 46.5 Å². The van der Waals surface area contributed by atoms with Gasteiger partial charge in [0.2, 0.25) is 5.91 Å². The fraction of sp³-hybridized carbons (Fsp3) is 0.562. The third kappa shape index (κ3) is 6.39. The van der Waals surface area contributed by atoms with Gasteiger partial charge in [0.1, 0.15) is 0 Å². The van der Waals surface area contributed by atoms with Crippen LogP contribution in [0.25, 0.3) is 0 Å². The summed E-state index contributed by atoms with van der Waals surface area (Å²) < 4.78 is 4.79. The number of hydrogen-bond donors (Lipinski definition) is 1. The van der Waals surface area contributed by atoms with Crippen molar-refractivity contribution in [1.29, 1.82) is 0 Å². The van der Waals surface area contributed by atoms with Gasteiger partial charge >= 0.3 is 5.97 Å². The highest BCUT2D eigenvalue weighted by molar-refractivity contribution is 7.12. The number of ether oxygens (including phenoxy) is 1. The molecule has 1 aromatic rings. The lowest BCUT2D eigenvalue weighted by atomic mass is 10.1. The van der Waals surface area contributed by atoms with E-state index in [2.05, 4.69) is 5.32 Å². The molecule has 0 saturated heterocycles. The Bertz CT molecular complexity index is 536. The summed E-state index contributed by atoms with van der Waals surface area (Å²) in [6, 6.07) is 1.87. The smallest absolute Gasteiger partial charge is 0.305 e. The summed E-state index contributed by atoms with van der Waals surface area (Å²) in [4.78, 5) is 36.9. The van der Waals surface area contributed by atoms with Crippen LogP contribution in [0.1, 0.15) is 52.7 Å². The number of rotatable bonds is 9. The van der Waals surface area contributed by atoms with Gasteiger partial charge in [-0.25, -0.2) is 0 Å². The monoisotopic (exact) mass is 325 g/mol. The van der Waals surface area contributed by atoms with Crippen LogP contribution in [-0.4, -0.2) is 30.8 Å². The molecule has 6 heteroatoms. The van der Waals surface area contributed by atoms with Gasteiger partial charge in [-0.05, 0) is 33.3 Å². The molecule has 0 spiro atoms. The van der Waals surface area contributed by atoms with Gasteiger partial charge in [0.25, 0.3) is 0 Å². The van der Waals surface area contributed by atoms with E-state index in [0.29, 0.717) is 26.0 Å². The molecule has 0 aliphatic rings. The molecule has 122 valence electrons. The number of carbonyl (C=O) groups excluding carboxylic acids is 3. The number of nitrogens with one attached hydrogen (secondary N) is 1. The van der Waals surface area contributed by atoms with Crippen molar-refractivity contribution in [3.05, 3.63) is 21.4 Å². The van der Waals surface area contributed by atoms with E-state index in [9.17, 15) is 14.4 Å². The van der Waals surface area contributed by atoms with Crippen molar-refractivity contribution in [3.63, 3.8) is 0 Å². The van der Waals surface area contributed by atoms with Crippen molar-refractivity contribution in [1.82, 2.24) is 5.32 Å². The lowest BCUT2D eigenvalue weighted by molar-refractivity contribution is -0.143. The molecule has 22 heavy (non-hydrogen) atoms. The molecular weight excluding hydrogens is 302 g/mol. The van der Waals surface area contributed by atoms with Crippen molar-refractivity contribution in [2.75, 3.05) is 13.2 Å². The van der Waals surface area contributed by atoms with E-state index in [-0.39, 0.29) is 30.5 Å². The summed E-state index contributed by atoms with van der Waals surface area (Å²) in [6.07, 6.45) is 1.22. The van der Waals surface area contributed by atoms with Gasteiger partial charge in [0, 0.05) is 41.1 Å². The third-order valence-corrected chi connectivity index (χ3v) is 4.07. The minimum absolute atomic E-state index is 0.00326. The zero-order chi connectivity index (χ0) is 16.5. The number of thiophene rings is 1. The van der Waals surface area contributed by atoms with Gasteiger partial charge < -0.3 is 10.1 Å². The summed E-state index contributed by atoms with van der Waals surface area (Å²) in [6.45, 7) is 6.43. The summed E-state index contributed by atoms with van der Waals surface area (Å²) in [5.74, 6) is -0.416. The number of ketones is 1. The Labute approximate surface area is 135 Å². The molecule has 0 unspecified atom stereocenters.